The Bertz CT molecular complexity index is 983. The highest BCUT2D eigenvalue weighted by atomic mass is 16.2. The van der Waals surface area contributed by atoms with E-state index in [9.17, 15) is 9.59 Å². The summed E-state index contributed by atoms with van der Waals surface area (Å²) >= 11 is 0. The molecule has 5 rings (SSSR count). The number of nitrogens with one attached hydrogen (secondary N) is 1. The average molecular weight is 422 g/mol. The zero-order valence-corrected chi connectivity index (χ0v) is 18.1. The van der Waals surface area contributed by atoms with Gasteiger partial charge in [0.1, 0.15) is 5.82 Å². The lowest BCUT2D eigenvalue weighted by Gasteiger charge is -2.38. The maximum absolute atomic E-state index is 13.1. The number of carbonyl (C=O) groups is 1. The number of fused-ring (bicyclic) bond motifs is 1. The van der Waals surface area contributed by atoms with E-state index in [0.29, 0.717) is 30.5 Å². The summed E-state index contributed by atoms with van der Waals surface area (Å²) in [5.74, 6) is 0.605. The molecule has 2 aromatic rings. The lowest BCUT2D eigenvalue weighted by Crippen LogP contribution is -2.44. The molecule has 2 aromatic heterocycles. The Kier molecular flexibility index (Phi) is 5.85. The molecule has 0 spiro atoms. The van der Waals surface area contributed by atoms with Gasteiger partial charge in [0.25, 0.3) is 11.5 Å². The van der Waals surface area contributed by atoms with Crippen LogP contribution in [-0.4, -0.2) is 49.8 Å². The lowest BCUT2D eigenvalue weighted by molar-refractivity contribution is 0.0598. The van der Waals surface area contributed by atoms with E-state index in [2.05, 4.69) is 14.9 Å². The fourth-order valence-corrected chi connectivity index (χ4v) is 5.49. The second-order valence-electron chi connectivity index (χ2n) is 9.14. The molecule has 4 heterocycles. The van der Waals surface area contributed by atoms with E-state index < -0.39 is 0 Å². The highest BCUT2D eigenvalue weighted by Crippen LogP contribution is 2.31. The van der Waals surface area contributed by atoms with Crippen LogP contribution in [0.25, 0.3) is 0 Å². The molecule has 1 N–H and O–H groups in total. The zero-order valence-electron chi connectivity index (χ0n) is 18.1. The number of hydrogen-bond acceptors (Lipinski definition) is 5. The molecule has 0 bridgehead atoms. The SMILES string of the molecule is O=C(c1cccnc1)N1CCCC[C@@H]1c1nc2c(c(=O)[nH]1)CN(C1CCCCC1)CC2. The summed E-state index contributed by atoms with van der Waals surface area (Å²) in [6, 6.07) is 4.00. The topological polar surface area (TPSA) is 82.2 Å². The number of carbonyl (C=O) groups excluding carboxylic acids is 1. The van der Waals surface area contributed by atoms with Gasteiger partial charge in [0, 0.05) is 44.5 Å². The van der Waals surface area contributed by atoms with Gasteiger partial charge in [0.15, 0.2) is 0 Å². The van der Waals surface area contributed by atoms with Crippen molar-refractivity contribution >= 4 is 5.91 Å². The van der Waals surface area contributed by atoms with Crippen molar-refractivity contribution in [2.45, 2.75) is 76.4 Å². The molecule has 1 saturated heterocycles. The molecular weight excluding hydrogens is 390 g/mol. The first-order valence-corrected chi connectivity index (χ1v) is 11.8. The summed E-state index contributed by atoms with van der Waals surface area (Å²) in [6.45, 7) is 2.34. The van der Waals surface area contributed by atoms with Crippen molar-refractivity contribution in [3.8, 4) is 0 Å². The third kappa shape index (κ3) is 4.15. The van der Waals surface area contributed by atoms with E-state index in [1.807, 2.05) is 4.90 Å². The van der Waals surface area contributed by atoms with Gasteiger partial charge in [0.2, 0.25) is 0 Å². The van der Waals surface area contributed by atoms with Crippen LogP contribution in [0.15, 0.2) is 29.3 Å². The predicted octanol–water partition coefficient (Wildman–Crippen LogP) is 3.22. The summed E-state index contributed by atoms with van der Waals surface area (Å²) in [5, 5.41) is 0. The number of amides is 1. The van der Waals surface area contributed by atoms with Crippen molar-refractivity contribution in [1.29, 1.82) is 0 Å². The van der Waals surface area contributed by atoms with Gasteiger partial charge in [-0.05, 0) is 44.2 Å². The number of nitrogens with zero attached hydrogens (tertiary/aromatic N) is 4. The van der Waals surface area contributed by atoms with Crippen LogP contribution in [0.2, 0.25) is 0 Å². The second kappa shape index (κ2) is 8.91. The molecule has 7 nitrogen and oxygen atoms in total. The summed E-state index contributed by atoms with van der Waals surface area (Å²) in [4.78, 5) is 42.6. The lowest BCUT2D eigenvalue weighted by atomic mass is 9.92. The van der Waals surface area contributed by atoms with Crippen molar-refractivity contribution in [1.82, 2.24) is 24.8 Å². The molecule has 1 amide bonds. The molecular formula is C24H31N5O2. The first-order valence-electron chi connectivity index (χ1n) is 11.8. The van der Waals surface area contributed by atoms with Crippen LogP contribution >= 0.6 is 0 Å². The second-order valence-corrected chi connectivity index (χ2v) is 9.14. The summed E-state index contributed by atoms with van der Waals surface area (Å²) in [7, 11) is 0. The molecule has 2 fully saturated rings. The Labute approximate surface area is 182 Å². The van der Waals surface area contributed by atoms with Crippen LogP contribution in [0, 0.1) is 0 Å². The van der Waals surface area contributed by atoms with E-state index in [-0.39, 0.29) is 17.5 Å². The highest BCUT2D eigenvalue weighted by molar-refractivity contribution is 5.94. The van der Waals surface area contributed by atoms with Gasteiger partial charge in [0.05, 0.1) is 22.9 Å². The summed E-state index contributed by atoms with van der Waals surface area (Å²) < 4.78 is 0. The van der Waals surface area contributed by atoms with Gasteiger partial charge in [-0.25, -0.2) is 4.98 Å². The van der Waals surface area contributed by atoms with Crippen LogP contribution < -0.4 is 5.56 Å². The maximum atomic E-state index is 13.1. The average Bonchev–Trinajstić information content (AvgIpc) is 2.84. The van der Waals surface area contributed by atoms with E-state index >= 15 is 0 Å². The number of hydrogen-bond donors (Lipinski definition) is 1. The predicted molar refractivity (Wildman–Crippen MR) is 118 cm³/mol. The van der Waals surface area contributed by atoms with E-state index in [0.717, 1.165) is 43.5 Å². The monoisotopic (exact) mass is 421 g/mol. The molecule has 0 radical (unpaired) electrons. The van der Waals surface area contributed by atoms with Gasteiger partial charge >= 0.3 is 0 Å². The molecule has 7 heteroatoms. The molecule has 0 aromatic carbocycles. The number of aromatic amines is 1. The van der Waals surface area contributed by atoms with Crippen molar-refractivity contribution in [3.63, 3.8) is 0 Å². The van der Waals surface area contributed by atoms with Crippen molar-refractivity contribution in [3.05, 3.63) is 57.5 Å². The van der Waals surface area contributed by atoms with E-state index in [1.165, 1.54) is 32.1 Å². The Morgan fingerprint density at radius 1 is 1.06 bits per heavy atom. The number of rotatable bonds is 3. The Morgan fingerprint density at radius 2 is 1.90 bits per heavy atom. The standard InChI is InChI=1S/C24H31N5O2/c30-23-19-16-28(18-8-2-1-3-9-18)14-11-20(19)26-22(27-23)21-10-4-5-13-29(21)24(31)17-7-6-12-25-15-17/h6-7,12,15,18,21H,1-5,8-11,13-14,16H2,(H,26,27,30)/t21-/m1/s1. The molecule has 1 aliphatic carbocycles. The van der Waals surface area contributed by atoms with Crippen LogP contribution in [-0.2, 0) is 13.0 Å². The summed E-state index contributed by atoms with van der Waals surface area (Å²) in [6.07, 6.45) is 13.3. The minimum absolute atomic E-state index is 0.0279. The van der Waals surface area contributed by atoms with Crippen molar-refractivity contribution < 1.29 is 4.79 Å². The van der Waals surface area contributed by atoms with Gasteiger partial charge in [-0.2, -0.15) is 0 Å². The van der Waals surface area contributed by atoms with Crippen molar-refractivity contribution in [2.24, 2.45) is 0 Å². The van der Waals surface area contributed by atoms with Crippen LogP contribution in [0.5, 0.6) is 0 Å². The molecule has 31 heavy (non-hydrogen) atoms. The molecule has 1 atom stereocenters. The molecule has 0 unspecified atom stereocenters. The number of aromatic nitrogens is 3. The number of piperidine rings is 1. The Balaban J connectivity index is 1.39. The third-order valence-corrected chi connectivity index (χ3v) is 7.20. The molecule has 1 saturated carbocycles. The number of H-pyrrole nitrogens is 1. The maximum Gasteiger partial charge on any atom is 0.256 e. The minimum atomic E-state index is -0.184. The zero-order chi connectivity index (χ0) is 21.2. The van der Waals surface area contributed by atoms with Gasteiger partial charge in [-0.3, -0.25) is 19.5 Å². The molecule has 2 aliphatic heterocycles. The van der Waals surface area contributed by atoms with E-state index in [4.69, 9.17) is 4.98 Å². The third-order valence-electron chi connectivity index (χ3n) is 7.20. The summed E-state index contributed by atoms with van der Waals surface area (Å²) in [5.41, 5.74) is 2.30. The largest absolute Gasteiger partial charge is 0.328 e. The molecule has 164 valence electrons. The fourth-order valence-electron chi connectivity index (χ4n) is 5.49. The van der Waals surface area contributed by atoms with Crippen LogP contribution in [0.3, 0.4) is 0 Å². The smallest absolute Gasteiger partial charge is 0.256 e. The quantitative estimate of drug-likeness (QED) is 0.823. The normalized spacial score (nSPS) is 22.8. The number of likely N-dealkylation sites (tertiary alicyclic amines) is 1. The van der Waals surface area contributed by atoms with Crippen LogP contribution in [0.4, 0.5) is 0 Å². The van der Waals surface area contributed by atoms with Crippen LogP contribution in [0.1, 0.15) is 84.8 Å². The Morgan fingerprint density at radius 3 is 2.71 bits per heavy atom. The minimum Gasteiger partial charge on any atom is -0.328 e. The van der Waals surface area contributed by atoms with Crippen molar-refractivity contribution in [2.75, 3.05) is 13.1 Å². The first kappa shape index (κ1) is 20.4. The first-order chi connectivity index (χ1) is 15.2. The highest BCUT2D eigenvalue weighted by Gasteiger charge is 2.33. The fraction of sp³-hybridized carbons (Fsp3) is 0.583. The molecule has 3 aliphatic rings. The van der Waals surface area contributed by atoms with Gasteiger partial charge in [-0.15, -0.1) is 0 Å². The van der Waals surface area contributed by atoms with Gasteiger partial charge in [-0.1, -0.05) is 19.3 Å². The van der Waals surface area contributed by atoms with E-state index in [1.54, 1.807) is 24.5 Å². The van der Waals surface area contributed by atoms with Gasteiger partial charge < -0.3 is 9.88 Å². The number of pyridine rings is 1. The Hall–Kier alpha value is -2.54.